The van der Waals surface area contributed by atoms with E-state index in [2.05, 4.69) is 13.5 Å². The van der Waals surface area contributed by atoms with E-state index >= 15 is 0 Å². The van der Waals surface area contributed by atoms with E-state index in [0.29, 0.717) is 0 Å². The first kappa shape index (κ1) is 6.14. The number of hydrogen-bond donors (Lipinski definition) is 0. The zero-order chi connectivity index (χ0) is 6.69. The van der Waals surface area contributed by atoms with E-state index in [1.807, 2.05) is 12.2 Å². The Bertz CT molecular complexity index is 175. The highest BCUT2D eigenvalue weighted by Gasteiger charge is 2.00. The van der Waals surface area contributed by atoms with Gasteiger partial charge in [0, 0.05) is 0 Å². The molecule has 1 aliphatic rings. The van der Waals surface area contributed by atoms with Crippen LogP contribution in [0.3, 0.4) is 0 Å². The summed E-state index contributed by atoms with van der Waals surface area (Å²) in [6.45, 7) is 5.54. The van der Waals surface area contributed by atoms with Crippen LogP contribution in [0.1, 0.15) is 13.3 Å². The average molecular weight is 122 g/mol. The van der Waals surface area contributed by atoms with Gasteiger partial charge in [-0.05, 0) is 25.5 Å². The minimum atomic E-state index is 0.919. The lowest BCUT2D eigenvalue weighted by atomic mass is 10.3. The fraction of sp³-hybridized carbons (Fsp3) is 0.250. The Hall–Kier alpha value is -0.980. The van der Waals surface area contributed by atoms with Crippen LogP contribution in [0.25, 0.3) is 0 Å². The van der Waals surface area contributed by atoms with Crippen LogP contribution < -0.4 is 0 Å². The predicted octanol–water partition coefficient (Wildman–Crippen LogP) is 2.38. The van der Waals surface area contributed by atoms with Crippen LogP contribution in [0.4, 0.5) is 0 Å². The molecule has 0 aromatic heterocycles. The monoisotopic (exact) mass is 122 g/mol. The van der Waals surface area contributed by atoms with Gasteiger partial charge in [0.1, 0.15) is 5.76 Å². The molecule has 0 aromatic carbocycles. The van der Waals surface area contributed by atoms with Crippen molar-refractivity contribution in [3.8, 4) is 0 Å². The van der Waals surface area contributed by atoms with Gasteiger partial charge in [0.25, 0.3) is 0 Å². The lowest BCUT2D eigenvalue weighted by molar-refractivity contribution is 0.371. The van der Waals surface area contributed by atoms with Crippen LogP contribution in [-0.2, 0) is 4.74 Å². The Morgan fingerprint density at radius 3 is 3.00 bits per heavy atom. The van der Waals surface area contributed by atoms with Gasteiger partial charge < -0.3 is 4.74 Å². The van der Waals surface area contributed by atoms with Gasteiger partial charge in [0.05, 0.1) is 6.26 Å². The largest absolute Gasteiger partial charge is 0.466 e. The van der Waals surface area contributed by atoms with Crippen LogP contribution in [0.5, 0.6) is 0 Å². The molecule has 0 amide bonds. The zero-order valence-corrected chi connectivity index (χ0v) is 5.55. The van der Waals surface area contributed by atoms with E-state index in [0.717, 1.165) is 12.2 Å². The maximum Gasteiger partial charge on any atom is 0.122 e. The molecule has 48 valence electrons. The quantitative estimate of drug-likeness (QED) is 0.511. The third kappa shape index (κ3) is 1.46. The lowest BCUT2D eigenvalue weighted by Gasteiger charge is -1.93. The van der Waals surface area contributed by atoms with E-state index in [9.17, 15) is 0 Å². The molecular weight excluding hydrogens is 112 g/mol. The SMILES string of the molecule is C=COC1=CCC(C)=C1. The molecule has 0 saturated heterocycles. The summed E-state index contributed by atoms with van der Waals surface area (Å²) in [7, 11) is 0. The van der Waals surface area contributed by atoms with Crippen molar-refractivity contribution in [3.05, 3.63) is 36.3 Å². The van der Waals surface area contributed by atoms with E-state index in [4.69, 9.17) is 4.74 Å². The third-order valence-corrected chi connectivity index (χ3v) is 1.23. The van der Waals surface area contributed by atoms with Gasteiger partial charge in [-0.2, -0.15) is 0 Å². The maximum absolute atomic E-state index is 5.02. The molecule has 0 N–H and O–H groups in total. The van der Waals surface area contributed by atoms with E-state index in [1.54, 1.807) is 0 Å². The molecule has 0 unspecified atom stereocenters. The topological polar surface area (TPSA) is 9.23 Å². The summed E-state index contributed by atoms with van der Waals surface area (Å²) in [6.07, 6.45) is 6.52. The van der Waals surface area contributed by atoms with E-state index < -0.39 is 0 Å². The number of rotatable bonds is 2. The van der Waals surface area contributed by atoms with E-state index in [1.165, 1.54) is 11.8 Å². The zero-order valence-electron chi connectivity index (χ0n) is 5.55. The van der Waals surface area contributed by atoms with Gasteiger partial charge in [0.2, 0.25) is 0 Å². The minimum Gasteiger partial charge on any atom is -0.466 e. The Balaban J connectivity index is 2.53. The molecule has 1 heteroatoms. The molecular formula is C8H10O. The highest BCUT2D eigenvalue weighted by atomic mass is 16.5. The lowest BCUT2D eigenvalue weighted by Crippen LogP contribution is -1.73. The molecule has 0 fully saturated rings. The second-order valence-electron chi connectivity index (χ2n) is 2.09. The van der Waals surface area contributed by atoms with E-state index in [-0.39, 0.29) is 0 Å². The predicted molar refractivity (Wildman–Crippen MR) is 37.7 cm³/mol. The first-order valence-corrected chi connectivity index (χ1v) is 2.98. The molecule has 0 aliphatic heterocycles. The van der Waals surface area contributed by atoms with Crippen molar-refractivity contribution in [3.63, 3.8) is 0 Å². The molecule has 1 nitrogen and oxygen atoms in total. The van der Waals surface area contributed by atoms with Gasteiger partial charge in [-0.1, -0.05) is 12.2 Å². The summed E-state index contributed by atoms with van der Waals surface area (Å²) in [6, 6.07) is 0. The molecule has 0 saturated carbocycles. The maximum atomic E-state index is 5.02. The molecule has 1 aliphatic carbocycles. The summed E-state index contributed by atoms with van der Waals surface area (Å²) in [5.74, 6) is 0.919. The minimum absolute atomic E-state index is 0.919. The first-order valence-electron chi connectivity index (χ1n) is 2.98. The van der Waals surface area contributed by atoms with Crippen molar-refractivity contribution in [2.45, 2.75) is 13.3 Å². The molecule has 0 heterocycles. The number of hydrogen-bond acceptors (Lipinski definition) is 1. The molecule has 0 radical (unpaired) electrons. The van der Waals surface area contributed by atoms with Gasteiger partial charge in [0.15, 0.2) is 0 Å². The van der Waals surface area contributed by atoms with Gasteiger partial charge in [-0.15, -0.1) is 0 Å². The van der Waals surface area contributed by atoms with Crippen molar-refractivity contribution in [1.82, 2.24) is 0 Å². The molecule has 1 rings (SSSR count). The molecule has 0 bridgehead atoms. The van der Waals surface area contributed by atoms with Crippen LogP contribution in [0, 0.1) is 0 Å². The Labute approximate surface area is 55.3 Å². The fourth-order valence-corrected chi connectivity index (χ4v) is 0.801. The molecule has 0 aromatic rings. The number of allylic oxidation sites excluding steroid dienone is 3. The second kappa shape index (κ2) is 2.53. The van der Waals surface area contributed by atoms with Gasteiger partial charge in [-0.3, -0.25) is 0 Å². The summed E-state index contributed by atoms with van der Waals surface area (Å²) in [4.78, 5) is 0. The fourth-order valence-electron chi connectivity index (χ4n) is 0.801. The van der Waals surface area contributed by atoms with Crippen LogP contribution in [0.15, 0.2) is 36.3 Å². The van der Waals surface area contributed by atoms with Crippen molar-refractivity contribution in [2.75, 3.05) is 0 Å². The molecule has 9 heavy (non-hydrogen) atoms. The van der Waals surface area contributed by atoms with Gasteiger partial charge in [-0.25, -0.2) is 0 Å². The summed E-state index contributed by atoms with van der Waals surface area (Å²) >= 11 is 0. The third-order valence-electron chi connectivity index (χ3n) is 1.23. The van der Waals surface area contributed by atoms with Crippen molar-refractivity contribution >= 4 is 0 Å². The first-order chi connectivity index (χ1) is 4.33. The Kier molecular flexibility index (Phi) is 1.73. The standard InChI is InChI=1S/C8H10O/c1-3-9-8-5-4-7(2)6-8/h3,5-6H,1,4H2,2H3. The van der Waals surface area contributed by atoms with Crippen LogP contribution in [-0.4, -0.2) is 0 Å². The summed E-state index contributed by atoms with van der Waals surface area (Å²) in [5.41, 5.74) is 1.34. The van der Waals surface area contributed by atoms with Crippen LogP contribution in [0.2, 0.25) is 0 Å². The number of ether oxygens (including phenoxy) is 1. The smallest absolute Gasteiger partial charge is 0.122 e. The van der Waals surface area contributed by atoms with Crippen molar-refractivity contribution in [2.24, 2.45) is 0 Å². The summed E-state index contributed by atoms with van der Waals surface area (Å²) in [5, 5.41) is 0. The normalized spacial score (nSPS) is 16.6. The van der Waals surface area contributed by atoms with Crippen molar-refractivity contribution in [1.29, 1.82) is 0 Å². The highest BCUT2D eigenvalue weighted by molar-refractivity contribution is 5.27. The molecule has 0 spiro atoms. The average Bonchev–Trinajstić information content (AvgIpc) is 2.17. The molecule has 0 atom stereocenters. The highest BCUT2D eigenvalue weighted by Crippen LogP contribution is 2.16. The van der Waals surface area contributed by atoms with Gasteiger partial charge >= 0.3 is 0 Å². The van der Waals surface area contributed by atoms with Crippen LogP contribution >= 0.6 is 0 Å². The summed E-state index contributed by atoms with van der Waals surface area (Å²) < 4.78 is 5.02. The Morgan fingerprint density at radius 1 is 1.78 bits per heavy atom. The van der Waals surface area contributed by atoms with Crippen molar-refractivity contribution < 1.29 is 4.74 Å². The second-order valence-corrected chi connectivity index (χ2v) is 2.09. The Morgan fingerprint density at radius 2 is 2.56 bits per heavy atom.